The number of halogens is 2. The molecule has 3 heteroatoms. The topological polar surface area (TPSA) is 17.1 Å². The van der Waals surface area contributed by atoms with Crippen LogP contribution >= 0.6 is 0 Å². The molecule has 0 atom stereocenters. The molecule has 96 valence electrons. The molecular formula is C15H16F2O. The Balaban J connectivity index is 2.04. The van der Waals surface area contributed by atoms with Gasteiger partial charge in [0, 0.05) is 6.42 Å². The molecule has 1 aliphatic rings. The summed E-state index contributed by atoms with van der Waals surface area (Å²) in [4.78, 5) is 11.8. The Morgan fingerprint density at radius 3 is 2.61 bits per heavy atom. The zero-order valence-corrected chi connectivity index (χ0v) is 10.2. The first-order valence-corrected chi connectivity index (χ1v) is 6.32. The summed E-state index contributed by atoms with van der Waals surface area (Å²) < 4.78 is 26.4. The molecule has 1 nitrogen and oxygen atoms in total. The molecule has 0 aliphatic heterocycles. The second kappa shape index (κ2) is 5.89. The maximum Gasteiger partial charge on any atom is 0.162 e. The largest absolute Gasteiger partial charge is 0.294 e. The van der Waals surface area contributed by atoms with Gasteiger partial charge in [-0.3, -0.25) is 4.79 Å². The smallest absolute Gasteiger partial charge is 0.162 e. The maximum absolute atomic E-state index is 13.4. The second-order valence-electron chi connectivity index (χ2n) is 4.72. The quantitative estimate of drug-likeness (QED) is 0.742. The summed E-state index contributed by atoms with van der Waals surface area (Å²) in [6.45, 7) is 0. The van der Waals surface area contributed by atoms with E-state index in [1.807, 2.05) is 0 Å². The van der Waals surface area contributed by atoms with Crippen molar-refractivity contribution in [3.63, 3.8) is 0 Å². The van der Waals surface area contributed by atoms with Crippen LogP contribution in [0, 0.1) is 11.6 Å². The zero-order chi connectivity index (χ0) is 13.0. The normalized spacial score (nSPS) is 15.6. The van der Waals surface area contributed by atoms with E-state index in [1.165, 1.54) is 18.6 Å². The molecule has 1 aliphatic carbocycles. The van der Waals surface area contributed by atoms with Crippen LogP contribution in [0.15, 0.2) is 29.8 Å². The van der Waals surface area contributed by atoms with E-state index in [2.05, 4.69) is 0 Å². The van der Waals surface area contributed by atoms with Crippen LogP contribution in [-0.2, 0) is 11.2 Å². The van der Waals surface area contributed by atoms with E-state index in [-0.39, 0.29) is 17.8 Å². The fraction of sp³-hybridized carbons (Fsp3) is 0.400. The predicted molar refractivity (Wildman–Crippen MR) is 66.2 cm³/mol. The predicted octanol–water partition coefficient (Wildman–Crippen LogP) is 3.97. The van der Waals surface area contributed by atoms with Crippen LogP contribution in [0.25, 0.3) is 0 Å². The van der Waals surface area contributed by atoms with E-state index in [4.69, 9.17) is 0 Å². The van der Waals surface area contributed by atoms with Crippen molar-refractivity contribution >= 4 is 5.78 Å². The molecule has 1 aromatic carbocycles. The highest BCUT2D eigenvalue weighted by Crippen LogP contribution is 2.23. The van der Waals surface area contributed by atoms with E-state index in [1.54, 1.807) is 6.08 Å². The third-order valence-corrected chi connectivity index (χ3v) is 3.26. The molecule has 0 radical (unpaired) electrons. The summed E-state index contributed by atoms with van der Waals surface area (Å²) in [7, 11) is 0. The van der Waals surface area contributed by atoms with Gasteiger partial charge in [0.25, 0.3) is 0 Å². The van der Waals surface area contributed by atoms with E-state index in [9.17, 15) is 13.6 Å². The number of allylic oxidation sites excluding steroid dienone is 2. The van der Waals surface area contributed by atoms with Gasteiger partial charge in [0.2, 0.25) is 0 Å². The third-order valence-electron chi connectivity index (χ3n) is 3.26. The first kappa shape index (κ1) is 12.9. The van der Waals surface area contributed by atoms with Gasteiger partial charge in [-0.1, -0.05) is 24.1 Å². The molecule has 0 saturated heterocycles. The van der Waals surface area contributed by atoms with Crippen molar-refractivity contribution in [2.75, 3.05) is 0 Å². The molecule has 0 spiro atoms. The number of carbonyl (C=O) groups is 1. The molecule has 1 fully saturated rings. The van der Waals surface area contributed by atoms with Crippen LogP contribution in [0.2, 0.25) is 0 Å². The Bertz CT molecular complexity index is 469. The van der Waals surface area contributed by atoms with Gasteiger partial charge in [-0.15, -0.1) is 0 Å². The van der Waals surface area contributed by atoms with Crippen LogP contribution in [0.4, 0.5) is 8.78 Å². The molecule has 1 aromatic rings. The SMILES string of the molecule is O=C(C=C1CCCCC1)Cc1cccc(F)c1F. The fourth-order valence-corrected chi connectivity index (χ4v) is 2.30. The number of hydrogen-bond acceptors (Lipinski definition) is 1. The summed E-state index contributed by atoms with van der Waals surface area (Å²) in [5.41, 5.74) is 1.27. The molecule has 0 bridgehead atoms. The Morgan fingerprint density at radius 1 is 1.17 bits per heavy atom. The highest BCUT2D eigenvalue weighted by atomic mass is 19.2. The number of ketones is 1. The highest BCUT2D eigenvalue weighted by molar-refractivity contribution is 5.92. The minimum Gasteiger partial charge on any atom is -0.294 e. The molecule has 18 heavy (non-hydrogen) atoms. The summed E-state index contributed by atoms with van der Waals surface area (Å²) in [5.74, 6) is -1.95. The van der Waals surface area contributed by atoms with Crippen molar-refractivity contribution in [3.8, 4) is 0 Å². The van der Waals surface area contributed by atoms with Crippen molar-refractivity contribution in [1.82, 2.24) is 0 Å². The van der Waals surface area contributed by atoms with Gasteiger partial charge in [0.15, 0.2) is 17.4 Å². The van der Waals surface area contributed by atoms with Gasteiger partial charge in [-0.05, 0) is 43.4 Å². The molecule has 2 rings (SSSR count). The average Bonchev–Trinajstić information content (AvgIpc) is 2.36. The van der Waals surface area contributed by atoms with E-state index in [0.717, 1.165) is 37.3 Å². The lowest BCUT2D eigenvalue weighted by atomic mass is 9.93. The van der Waals surface area contributed by atoms with Crippen molar-refractivity contribution < 1.29 is 13.6 Å². The Hall–Kier alpha value is -1.51. The molecule has 1 saturated carbocycles. The minimum atomic E-state index is -0.909. The highest BCUT2D eigenvalue weighted by Gasteiger charge is 2.12. The van der Waals surface area contributed by atoms with Gasteiger partial charge in [-0.25, -0.2) is 8.78 Å². The van der Waals surface area contributed by atoms with Gasteiger partial charge < -0.3 is 0 Å². The monoisotopic (exact) mass is 250 g/mol. The Morgan fingerprint density at radius 2 is 1.89 bits per heavy atom. The number of carbonyl (C=O) groups excluding carboxylic acids is 1. The summed E-state index contributed by atoms with van der Waals surface area (Å²) in [5, 5.41) is 0. The first-order chi connectivity index (χ1) is 8.66. The third kappa shape index (κ3) is 3.25. The molecule has 0 unspecified atom stereocenters. The Labute approximate surface area is 106 Å². The van der Waals surface area contributed by atoms with E-state index >= 15 is 0 Å². The van der Waals surface area contributed by atoms with Crippen molar-refractivity contribution in [3.05, 3.63) is 47.0 Å². The van der Waals surface area contributed by atoms with Crippen molar-refractivity contribution in [2.24, 2.45) is 0 Å². The summed E-state index contributed by atoms with van der Waals surface area (Å²) in [6.07, 6.45) is 6.91. The lowest BCUT2D eigenvalue weighted by Gasteiger charge is -2.12. The van der Waals surface area contributed by atoms with Crippen molar-refractivity contribution in [1.29, 1.82) is 0 Å². The van der Waals surface area contributed by atoms with Crippen LogP contribution < -0.4 is 0 Å². The van der Waals surface area contributed by atoms with Gasteiger partial charge in [0.05, 0.1) is 0 Å². The zero-order valence-electron chi connectivity index (χ0n) is 10.2. The van der Waals surface area contributed by atoms with E-state index < -0.39 is 11.6 Å². The van der Waals surface area contributed by atoms with Gasteiger partial charge in [-0.2, -0.15) is 0 Å². The molecule has 0 N–H and O–H groups in total. The second-order valence-corrected chi connectivity index (χ2v) is 4.72. The average molecular weight is 250 g/mol. The first-order valence-electron chi connectivity index (χ1n) is 6.32. The van der Waals surface area contributed by atoms with Crippen LogP contribution in [-0.4, -0.2) is 5.78 Å². The minimum absolute atomic E-state index is 0.0624. The van der Waals surface area contributed by atoms with Crippen LogP contribution in [0.1, 0.15) is 37.7 Å². The number of rotatable bonds is 3. The van der Waals surface area contributed by atoms with Crippen LogP contribution in [0.3, 0.4) is 0 Å². The fourth-order valence-electron chi connectivity index (χ4n) is 2.30. The molecule has 0 aromatic heterocycles. The standard InChI is InChI=1S/C15H16F2O/c16-14-8-4-7-12(15(14)17)10-13(18)9-11-5-2-1-3-6-11/h4,7-9H,1-3,5-6,10H2. The molecular weight excluding hydrogens is 234 g/mol. The molecule has 0 heterocycles. The van der Waals surface area contributed by atoms with Gasteiger partial charge >= 0.3 is 0 Å². The molecule has 0 amide bonds. The summed E-state index contributed by atoms with van der Waals surface area (Å²) in [6, 6.07) is 3.94. The Kier molecular flexibility index (Phi) is 4.24. The lowest BCUT2D eigenvalue weighted by molar-refractivity contribution is -0.114. The summed E-state index contributed by atoms with van der Waals surface area (Å²) >= 11 is 0. The maximum atomic E-state index is 13.4. The number of hydrogen-bond donors (Lipinski definition) is 0. The lowest BCUT2D eigenvalue weighted by Crippen LogP contribution is -2.05. The number of benzene rings is 1. The van der Waals surface area contributed by atoms with E-state index in [0.29, 0.717) is 0 Å². The van der Waals surface area contributed by atoms with Gasteiger partial charge in [0.1, 0.15) is 0 Å². The van der Waals surface area contributed by atoms with Crippen molar-refractivity contribution in [2.45, 2.75) is 38.5 Å². The van der Waals surface area contributed by atoms with Crippen LogP contribution in [0.5, 0.6) is 0 Å².